The van der Waals surface area contributed by atoms with Gasteiger partial charge in [-0.25, -0.2) is 4.79 Å². The van der Waals surface area contributed by atoms with Crippen LogP contribution >= 0.6 is 38.5 Å². The first-order valence-corrected chi connectivity index (χ1v) is 21.2. The van der Waals surface area contributed by atoms with Crippen LogP contribution < -0.4 is 11.2 Å². The smallest absolute Gasteiger partial charge is 0.330 e. The molecule has 6 aromatic carbocycles. The van der Waals surface area contributed by atoms with Crippen LogP contribution in [0.4, 0.5) is 0 Å². The molecule has 0 aliphatic carbocycles. The number of ether oxygens (including phenoxy) is 3. The van der Waals surface area contributed by atoms with Crippen LogP contribution in [0.15, 0.2) is 203 Å². The molecule has 7 aromatic rings. The number of nitrogens with one attached hydrogen (secondary N) is 1. The minimum Gasteiger partial charge on any atom is -0.358 e. The fourth-order valence-corrected chi connectivity index (χ4v) is 9.12. The average Bonchev–Trinajstić information content (AvgIpc) is 3.59. The zero-order valence-electron chi connectivity index (χ0n) is 31.3. The van der Waals surface area contributed by atoms with Gasteiger partial charge in [-0.3, -0.25) is 14.3 Å². The summed E-state index contributed by atoms with van der Waals surface area (Å²) in [5.41, 5.74) is 2.59. The summed E-state index contributed by atoms with van der Waals surface area (Å²) in [5, 5.41) is 0. The highest BCUT2D eigenvalue weighted by atomic mass is 127. The number of rotatable bonds is 13. The van der Waals surface area contributed by atoms with Crippen molar-refractivity contribution in [3.63, 3.8) is 0 Å². The van der Waals surface area contributed by atoms with E-state index < -0.39 is 40.9 Å². The van der Waals surface area contributed by atoms with Crippen LogP contribution in [0.1, 0.15) is 45.2 Å². The summed E-state index contributed by atoms with van der Waals surface area (Å²) in [6.07, 6.45) is 0.818. The van der Waals surface area contributed by atoms with Gasteiger partial charge in [0.25, 0.3) is 5.56 Å². The summed E-state index contributed by atoms with van der Waals surface area (Å²) >= 11 is 5.69. The molecule has 290 valence electrons. The largest absolute Gasteiger partial charge is 0.358 e. The van der Waals surface area contributed by atoms with Crippen molar-refractivity contribution in [1.29, 1.82) is 0 Å². The number of halogens is 2. The van der Waals surface area contributed by atoms with Crippen molar-refractivity contribution in [1.82, 2.24) is 9.55 Å². The molecule has 1 fully saturated rings. The van der Waals surface area contributed by atoms with Gasteiger partial charge in [-0.15, -0.1) is 0 Å². The molecule has 0 unspecified atom stereocenters. The van der Waals surface area contributed by atoms with Crippen LogP contribution in [0.3, 0.4) is 0 Å². The van der Waals surface area contributed by atoms with Crippen LogP contribution in [0.2, 0.25) is 0 Å². The number of benzene rings is 6. The maximum atomic E-state index is 13.9. The minimum atomic E-state index is -1.14. The fourth-order valence-electron chi connectivity index (χ4n) is 7.96. The third-order valence-corrected chi connectivity index (χ3v) is 12.4. The Kier molecular flexibility index (Phi) is 12.1. The van der Waals surface area contributed by atoms with E-state index in [1.165, 1.54) is 10.8 Å². The van der Waals surface area contributed by atoms with E-state index in [0.717, 1.165) is 33.4 Å². The van der Waals surface area contributed by atoms with Crippen LogP contribution in [0.5, 0.6) is 0 Å². The number of H-pyrrole nitrogens is 1. The number of hydrogen-bond donors (Lipinski definition) is 1. The van der Waals surface area contributed by atoms with E-state index in [0.29, 0.717) is 0 Å². The van der Waals surface area contributed by atoms with Crippen molar-refractivity contribution < 1.29 is 14.2 Å². The van der Waals surface area contributed by atoms with Crippen LogP contribution in [0, 0.1) is 0 Å². The number of alkyl halides is 1. The van der Waals surface area contributed by atoms with Gasteiger partial charge in [0.1, 0.15) is 17.3 Å². The zero-order chi connectivity index (χ0) is 40.0. The maximum Gasteiger partial charge on any atom is 0.330 e. The lowest BCUT2D eigenvalue weighted by Crippen LogP contribution is -2.44. The van der Waals surface area contributed by atoms with Gasteiger partial charge >= 0.3 is 5.69 Å². The first kappa shape index (κ1) is 39.6. The molecule has 0 bridgehead atoms. The third-order valence-electron chi connectivity index (χ3n) is 10.6. The zero-order valence-corrected chi connectivity index (χ0v) is 35.1. The molecule has 7 nitrogen and oxygen atoms in total. The van der Waals surface area contributed by atoms with Crippen molar-refractivity contribution >= 4 is 44.6 Å². The standard InChI is InChI=1S/C49H40BrIN2O5/c50-32-31-35-33-53(47(55)52-45(35)54)46-44(58-49(39-25-13-4-14-26-39,40-27-15-5-16-28-40)41-29-17-6-18-30-41)43(51)42(57-46)34-56-48(36-19-7-1-8-20-36,37-21-9-2-10-22-37)38-23-11-3-12-24-38/h1-33,42-44,46H,34H2,(H,52,54,55)/t42-,43-,44-,46-/m1/s1. The molecule has 1 N–H and O–H groups in total. The Balaban J connectivity index is 1.29. The number of hydrogen-bond acceptors (Lipinski definition) is 5. The molecule has 1 aliphatic rings. The van der Waals surface area contributed by atoms with Crippen molar-refractivity contribution in [2.75, 3.05) is 6.61 Å². The lowest BCUT2D eigenvalue weighted by atomic mass is 9.79. The van der Waals surface area contributed by atoms with Gasteiger partial charge < -0.3 is 14.2 Å². The molecular formula is C49H40BrIN2O5. The molecule has 9 heteroatoms. The monoisotopic (exact) mass is 942 g/mol. The van der Waals surface area contributed by atoms with E-state index in [2.05, 4.69) is 116 Å². The molecule has 2 heterocycles. The lowest BCUT2D eigenvalue weighted by Gasteiger charge is -2.40. The van der Waals surface area contributed by atoms with E-state index in [9.17, 15) is 9.59 Å². The van der Waals surface area contributed by atoms with Crippen LogP contribution in [0.25, 0.3) is 6.08 Å². The molecule has 0 spiro atoms. The van der Waals surface area contributed by atoms with E-state index in [-0.39, 0.29) is 16.1 Å². The van der Waals surface area contributed by atoms with Crippen molar-refractivity contribution in [2.45, 2.75) is 33.6 Å². The van der Waals surface area contributed by atoms with Crippen LogP contribution in [-0.4, -0.2) is 32.3 Å². The highest BCUT2D eigenvalue weighted by Crippen LogP contribution is 2.48. The second-order valence-corrected chi connectivity index (χ2v) is 16.0. The van der Waals surface area contributed by atoms with Gasteiger partial charge in [0.2, 0.25) is 0 Å². The Labute approximate surface area is 359 Å². The lowest BCUT2D eigenvalue weighted by molar-refractivity contribution is -0.119. The molecule has 1 aromatic heterocycles. The quantitative estimate of drug-likeness (QED) is 0.0708. The average molecular weight is 944 g/mol. The molecular weight excluding hydrogens is 903 g/mol. The maximum absolute atomic E-state index is 13.9. The van der Waals surface area contributed by atoms with Gasteiger partial charge in [0.05, 0.1) is 22.2 Å². The molecule has 0 amide bonds. The van der Waals surface area contributed by atoms with Gasteiger partial charge in [-0.1, -0.05) is 221 Å². The van der Waals surface area contributed by atoms with Gasteiger partial charge in [0, 0.05) is 6.20 Å². The Morgan fingerprint density at radius 1 is 0.621 bits per heavy atom. The van der Waals surface area contributed by atoms with Gasteiger partial charge in [-0.2, -0.15) is 0 Å². The predicted octanol–water partition coefficient (Wildman–Crippen LogP) is 9.99. The minimum absolute atomic E-state index is 0.129. The summed E-state index contributed by atoms with van der Waals surface area (Å²) < 4.78 is 23.1. The molecule has 0 radical (unpaired) electrons. The second kappa shape index (κ2) is 17.8. The van der Waals surface area contributed by atoms with E-state index in [1.807, 2.05) is 109 Å². The normalized spacial score (nSPS) is 18.4. The van der Waals surface area contributed by atoms with Crippen molar-refractivity contribution in [3.8, 4) is 0 Å². The highest BCUT2D eigenvalue weighted by molar-refractivity contribution is 14.1. The Bertz CT molecular complexity index is 2360. The number of aromatic nitrogens is 2. The Hall–Kier alpha value is -5.17. The third kappa shape index (κ3) is 7.60. The topological polar surface area (TPSA) is 82.6 Å². The molecule has 1 saturated heterocycles. The number of nitrogens with zero attached hydrogens (tertiary/aromatic N) is 1. The summed E-state index contributed by atoms with van der Waals surface area (Å²) in [7, 11) is 0. The summed E-state index contributed by atoms with van der Waals surface area (Å²) in [4.78, 5) is 31.0. The van der Waals surface area contributed by atoms with Gasteiger partial charge in [-0.05, 0) is 44.4 Å². The SMILES string of the molecule is O=c1[nH]c(=O)n([C@@H]2O[C@H](COC(c3ccccc3)(c3ccccc3)c3ccccc3)[C@@H](I)[C@H]2OC(c2ccccc2)(c2ccccc2)c2ccccc2)cc1C=CBr. The van der Waals surface area contributed by atoms with Crippen LogP contribution in [-0.2, 0) is 25.4 Å². The Morgan fingerprint density at radius 3 is 1.38 bits per heavy atom. The summed E-state index contributed by atoms with van der Waals surface area (Å²) in [6.45, 7) is 0.129. The molecule has 0 saturated carbocycles. The highest BCUT2D eigenvalue weighted by Gasteiger charge is 2.52. The van der Waals surface area contributed by atoms with E-state index in [4.69, 9.17) is 14.2 Å². The van der Waals surface area contributed by atoms with Crippen molar-refractivity contribution in [2.24, 2.45) is 0 Å². The molecule has 8 rings (SSSR count). The first-order chi connectivity index (χ1) is 28.5. The predicted molar refractivity (Wildman–Crippen MR) is 240 cm³/mol. The van der Waals surface area contributed by atoms with Crippen molar-refractivity contribution in [3.05, 3.63) is 253 Å². The van der Waals surface area contributed by atoms with E-state index in [1.54, 1.807) is 11.1 Å². The van der Waals surface area contributed by atoms with Gasteiger partial charge in [0.15, 0.2) is 6.23 Å². The second-order valence-electron chi connectivity index (χ2n) is 14.0. The molecule has 1 aliphatic heterocycles. The number of aromatic amines is 1. The first-order valence-electron chi connectivity index (χ1n) is 19.0. The summed E-state index contributed by atoms with van der Waals surface area (Å²) in [5.74, 6) is 0. The molecule has 58 heavy (non-hydrogen) atoms. The Morgan fingerprint density at radius 2 is 1.00 bits per heavy atom. The fraction of sp³-hybridized carbons (Fsp3) is 0.143. The van der Waals surface area contributed by atoms with E-state index >= 15 is 0 Å². The molecule has 4 atom stereocenters. The summed E-state index contributed by atoms with van der Waals surface area (Å²) in [6, 6.07) is 60.9.